The van der Waals surface area contributed by atoms with E-state index in [9.17, 15) is 4.79 Å². The molecule has 1 aliphatic carbocycles. The summed E-state index contributed by atoms with van der Waals surface area (Å²) >= 11 is 0. The van der Waals surface area contributed by atoms with Crippen LogP contribution in [0.3, 0.4) is 0 Å². The maximum atomic E-state index is 11.4. The predicted octanol–water partition coefficient (Wildman–Crippen LogP) is 2.49. The summed E-state index contributed by atoms with van der Waals surface area (Å²) in [5, 5.41) is 0. The van der Waals surface area contributed by atoms with Crippen molar-refractivity contribution in [1.29, 1.82) is 0 Å². The second-order valence-electron chi connectivity index (χ2n) is 3.39. The van der Waals surface area contributed by atoms with Crippen LogP contribution in [0.2, 0.25) is 0 Å². The van der Waals surface area contributed by atoms with Crippen LogP contribution in [0.1, 0.15) is 27.7 Å². The first-order valence-corrected chi connectivity index (χ1v) is 3.94. The molecule has 1 heteroatoms. The van der Waals surface area contributed by atoms with Gasteiger partial charge in [-0.3, -0.25) is 4.79 Å². The molecule has 1 rings (SSSR count). The Hall–Kier alpha value is -0.850. The van der Waals surface area contributed by atoms with Gasteiger partial charge in [0.05, 0.1) is 0 Å². The van der Waals surface area contributed by atoms with Crippen LogP contribution in [0, 0.1) is 5.92 Å². The Labute approximate surface area is 67.8 Å². The highest BCUT2D eigenvalue weighted by atomic mass is 16.1. The highest BCUT2D eigenvalue weighted by Gasteiger charge is 2.24. The maximum Gasteiger partial charge on any atom is 0.169 e. The first-order valence-electron chi connectivity index (χ1n) is 3.94. The number of carbonyl (C=O) groups is 1. The van der Waals surface area contributed by atoms with Gasteiger partial charge < -0.3 is 0 Å². The molecule has 0 amide bonds. The molecule has 0 aliphatic heterocycles. The summed E-state index contributed by atoms with van der Waals surface area (Å²) < 4.78 is 0. The van der Waals surface area contributed by atoms with E-state index in [2.05, 4.69) is 0 Å². The molecule has 11 heavy (non-hydrogen) atoms. The Morgan fingerprint density at radius 3 is 2.18 bits per heavy atom. The zero-order valence-electron chi connectivity index (χ0n) is 7.56. The van der Waals surface area contributed by atoms with Crippen LogP contribution < -0.4 is 0 Å². The number of hydrogen-bond donors (Lipinski definition) is 0. The lowest BCUT2D eigenvalue weighted by Gasteiger charge is -2.00. The summed E-state index contributed by atoms with van der Waals surface area (Å²) in [6.45, 7) is 7.94. The molecule has 0 saturated carbocycles. The summed E-state index contributed by atoms with van der Waals surface area (Å²) in [4.78, 5) is 11.4. The lowest BCUT2D eigenvalue weighted by atomic mass is 10.0. The summed E-state index contributed by atoms with van der Waals surface area (Å²) in [6.07, 6.45) is 2.00. The molecular formula is C10H14O. The van der Waals surface area contributed by atoms with Crippen molar-refractivity contribution in [3.05, 3.63) is 22.8 Å². The SMILES string of the molecule is CC1=CC(=C(C)C)C(=O)C1C. The van der Waals surface area contributed by atoms with Gasteiger partial charge in [-0.25, -0.2) is 0 Å². The van der Waals surface area contributed by atoms with Gasteiger partial charge in [0.2, 0.25) is 0 Å². The van der Waals surface area contributed by atoms with Crippen molar-refractivity contribution in [2.24, 2.45) is 5.92 Å². The first kappa shape index (κ1) is 8.25. The van der Waals surface area contributed by atoms with E-state index in [1.807, 2.05) is 33.8 Å². The van der Waals surface area contributed by atoms with Crippen molar-refractivity contribution < 1.29 is 4.79 Å². The van der Waals surface area contributed by atoms with Crippen LogP contribution in [0.25, 0.3) is 0 Å². The zero-order chi connectivity index (χ0) is 8.59. The van der Waals surface area contributed by atoms with Crippen molar-refractivity contribution in [3.63, 3.8) is 0 Å². The number of carbonyl (C=O) groups excluding carboxylic acids is 1. The third-order valence-electron chi connectivity index (χ3n) is 2.25. The number of rotatable bonds is 0. The molecule has 1 unspecified atom stereocenters. The Morgan fingerprint density at radius 2 is 2.00 bits per heavy atom. The van der Waals surface area contributed by atoms with Crippen LogP contribution in [0.15, 0.2) is 22.8 Å². The lowest BCUT2D eigenvalue weighted by molar-refractivity contribution is -0.116. The Bertz CT molecular complexity index is 252. The van der Waals surface area contributed by atoms with Gasteiger partial charge in [0.25, 0.3) is 0 Å². The third kappa shape index (κ3) is 1.28. The standard InChI is InChI=1S/C10H14O/c1-6(2)9-5-7(3)8(4)10(9)11/h5,8H,1-4H3. The topological polar surface area (TPSA) is 17.1 Å². The summed E-state index contributed by atoms with van der Waals surface area (Å²) in [5.41, 5.74) is 3.22. The van der Waals surface area contributed by atoms with Gasteiger partial charge in [0, 0.05) is 11.5 Å². The smallest absolute Gasteiger partial charge is 0.169 e. The van der Waals surface area contributed by atoms with Gasteiger partial charge in [-0.15, -0.1) is 0 Å². The van der Waals surface area contributed by atoms with Crippen molar-refractivity contribution >= 4 is 5.78 Å². The molecule has 0 aromatic rings. The fourth-order valence-electron chi connectivity index (χ4n) is 1.25. The molecule has 0 radical (unpaired) electrons. The van der Waals surface area contributed by atoms with E-state index in [0.29, 0.717) is 0 Å². The molecule has 1 nitrogen and oxygen atoms in total. The van der Waals surface area contributed by atoms with E-state index >= 15 is 0 Å². The van der Waals surface area contributed by atoms with Gasteiger partial charge >= 0.3 is 0 Å². The Morgan fingerprint density at radius 1 is 1.45 bits per heavy atom. The number of ketones is 1. The van der Waals surface area contributed by atoms with E-state index in [1.54, 1.807) is 0 Å². The van der Waals surface area contributed by atoms with Crippen LogP contribution in [0.4, 0.5) is 0 Å². The molecule has 0 heterocycles. The van der Waals surface area contributed by atoms with Crippen LogP contribution >= 0.6 is 0 Å². The van der Waals surface area contributed by atoms with E-state index in [1.165, 1.54) is 5.57 Å². The molecule has 60 valence electrons. The lowest BCUT2D eigenvalue weighted by Crippen LogP contribution is -2.06. The zero-order valence-corrected chi connectivity index (χ0v) is 7.56. The van der Waals surface area contributed by atoms with E-state index in [4.69, 9.17) is 0 Å². The Balaban J connectivity index is 3.09. The molecule has 0 aromatic carbocycles. The third-order valence-corrected chi connectivity index (χ3v) is 2.25. The van der Waals surface area contributed by atoms with Gasteiger partial charge in [0.15, 0.2) is 5.78 Å². The molecule has 1 atom stereocenters. The van der Waals surface area contributed by atoms with E-state index in [-0.39, 0.29) is 11.7 Å². The summed E-state index contributed by atoms with van der Waals surface area (Å²) in [5.74, 6) is 0.391. The molecule has 0 N–H and O–H groups in total. The predicted molar refractivity (Wildman–Crippen MR) is 46.3 cm³/mol. The fourth-order valence-corrected chi connectivity index (χ4v) is 1.25. The second-order valence-corrected chi connectivity index (χ2v) is 3.39. The average molecular weight is 150 g/mol. The fraction of sp³-hybridized carbons (Fsp3) is 0.500. The molecule has 0 spiro atoms. The molecule has 1 aliphatic rings. The van der Waals surface area contributed by atoms with Gasteiger partial charge in [-0.05, 0) is 20.8 Å². The van der Waals surface area contributed by atoms with Gasteiger partial charge in [-0.1, -0.05) is 24.1 Å². The Kier molecular flexibility index (Phi) is 1.99. The summed E-state index contributed by atoms with van der Waals surface area (Å²) in [7, 11) is 0. The maximum absolute atomic E-state index is 11.4. The van der Waals surface area contributed by atoms with E-state index in [0.717, 1.165) is 11.1 Å². The highest BCUT2D eigenvalue weighted by Crippen LogP contribution is 2.27. The average Bonchev–Trinajstić information content (AvgIpc) is 2.17. The number of hydrogen-bond acceptors (Lipinski definition) is 1. The normalized spacial score (nSPS) is 24.0. The molecule has 0 bridgehead atoms. The molecule has 0 aromatic heterocycles. The van der Waals surface area contributed by atoms with Crippen LogP contribution in [-0.2, 0) is 4.79 Å². The molecule has 0 fully saturated rings. The quantitative estimate of drug-likeness (QED) is 0.485. The first-order chi connectivity index (χ1) is 5.04. The number of allylic oxidation sites excluding steroid dienone is 4. The highest BCUT2D eigenvalue weighted by molar-refractivity contribution is 6.04. The van der Waals surface area contributed by atoms with Gasteiger partial charge in [-0.2, -0.15) is 0 Å². The van der Waals surface area contributed by atoms with Crippen molar-refractivity contribution in [2.75, 3.05) is 0 Å². The van der Waals surface area contributed by atoms with Crippen molar-refractivity contribution in [2.45, 2.75) is 27.7 Å². The second kappa shape index (κ2) is 2.65. The summed E-state index contributed by atoms with van der Waals surface area (Å²) in [6, 6.07) is 0. The minimum Gasteiger partial charge on any atom is -0.294 e. The van der Waals surface area contributed by atoms with Gasteiger partial charge in [0.1, 0.15) is 0 Å². The minimum atomic E-state index is 0.111. The van der Waals surface area contributed by atoms with E-state index < -0.39 is 0 Å². The van der Waals surface area contributed by atoms with Crippen LogP contribution in [0.5, 0.6) is 0 Å². The van der Waals surface area contributed by atoms with Crippen LogP contribution in [-0.4, -0.2) is 5.78 Å². The molecular weight excluding hydrogens is 136 g/mol. The molecule has 0 saturated heterocycles. The minimum absolute atomic E-state index is 0.111. The monoisotopic (exact) mass is 150 g/mol. The van der Waals surface area contributed by atoms with Crippen molar-refractivity contribution in [1.82, 2.24) is 0 Å². The number of Topliss-reactive ketones (excluding diaryl/α,β-unsaturated/α-hetero) is 1. The van der Waals surface area contributed by atoms with Crippen molar-refractivity contribution in [3.8, 4) is 0 Å². The largest absolute Gasteiger partial charge is 0.294 e.